The molecule has 0 atom stereocenters. The number of carbonyl (C=O) groups excluding carboxylic acids is 2. The molecule has 10 heteroatoms. The molecule has 0 aliphatic carbocycles. The standard InChI is InChI=1S/C20H15F2N5O2S/c21-13-6-4-12(5-7-13)17-25-20-27(26-17)16(11-30-20)8-9-23-18(28)19(29)24-15-3-1-2-14(22)10-15/h1-7,10-11H,8-9H2,(H,23,28)(H,24,29). The van der Waals surface area contributed by atoms with E-state index in [0.29, 0.717) is 22.8 Å². The third kappa shape index (κ3) is 4.33. The van der Waals surface area contributed by atoms with Crippen LogP contribution in [0.1, 0.15) is 5.69 Å². The quantitative estimate of drug-likeness (QED) is 0.479. The first kappa shape index (κ1) is 19.6. The van der Waals surface area contributed by atoms with Gasteiger partial charge in [-0.05, 0) is 42.5 Å². The van der Waals surface area contributed by atoms with Crippen molar-refractivity contribution >= 4 is 33.8 Å². The van der Waals surface area contributed by atoms with Crippen molar-refractivity contribution in [2.24, 2.45) is 0 Å². The maximum absolute atomic E-state index is 13.2. The molecule has 7 nitrogen and oxygen atoms in total. The van der Waals surface area contributed by atoms with Crippen molar-refractivity contribution < 1.29 is 18.4 Å². The Morgan fingerprint density at radius 1 is 1.03 bits per heavy atom. The van der Waals surface area contributed by atoms with Gasteiger partial charge in [0.1, 0.15) is 11.6 Å². The van der Waals surface area contributed by atoms with E-state index in [9.17, 15) is 18.4 Å². The van der Waals surface area contributed by atoms with Crippen LogP contribution in [0, 0.1) is 11.6 Å². The monoisotopic (exact) mass is 427 g/mol. The lowest BCUT2D eigenvalue weighted by atomic mass is 10.2. The van der Waals surface area contributed by atoms with E-state index in [4.69, 9.17) is 0 Å². The Kier molecular flexibility index (Phi) is 5.48. The van der Waals surface area contributed by atoms with Crippen molar-refractivity contribution in [3.63, 3.8) is 0 Å². The molecular formula is C20H15F2N5O2S. The number of amides is 2. The molecule has 4 aromatic rings. The maximum atomic E-state index is 13.2. The molecular weight excluding hydrogens is 412 g/mol. The van der Waals surface area contributed by atoms with Gasteiger partial charge in [-0.25, -0.2) is 13.3 Å². The van der Waals surface area contributed by atoms with Gasteiger partial charge in [-0.2, -0.15) is 4.98 Å². The molecule has 2 amide bonds. The molecule has 2 heterocycles. The minimum absolute atomic E-state index is 0.200. The molecule has 0 fully saturated rings. The molecule has 0 unspecified atom stereocenters. The summed E-state index contributed by atoms with van der Waals surface area (Å²) in [7, 11) is 0. The van der Waals surface area contributed by atoms with Crippen molar-refractivity contribution in [2.45, 2.75) is 6.42 Å². The van der Waals surface area contributed by atoms with Crippen LogP contribution in [0.2, 0.25) is 0 Å². The molecule has 0 aliphatic rings. The van der Waals surface area contributed by atoms with E-state index in [1.807, 2.05) is 5.38 Å². The van der Waals surface area contributed by atoms with Crippen molar-refractivity contribution in [1.29, 1.82) is 0 Å². The number of carbonyl (C=O) groups is 2. The number of thiazole rings is 1. The minimum atomic E-state index is -0.879. The SMILES string of the molecule is O=C(NCCc1csc2nc(-c3ccc(F)cc3)nn12)C(=O)Nc1cccc(F)c1. The Bertz CT molecular complexity index is 1220. The topological polar surface area (TPSA) is 88.4 Å². The van der Waals surface area contributed by atoms with Crippen LogP contribution in [0.25, 0.3) is 16.3 Å². The first-order chi connectivity index (χ1) is 14.5. The van der Waals surface area contributed by atoms with Crippen LogP contribution >= 0.6 is 11.3 Å². The molecule has 30 heavy (non-hydrogen) atoms. The third-order valence-electron chi connectivity index (χ3n) is 4.21. The van der Waals surface area contributed by atoms with Crippen molar-refractivity contribution in [1.82, 2.24) is 19.9 Å². The number of nitrogens with one attached hydrogen (secondary N) is 2. The fraction of sp³-hybridized carbons (Fsp3) is 0.100. The summed E-state index contributed by atoms with van der Waals surface area (Å²) < 4.78 is 27.9. The summed E-state index contributed by atoms with van der Waals surface area (Å²) in [6.07, 6.45) is 0.422. The molecule has 2 aromatic carbocycles. The molecule has 0 saturated heterocycles. The van der Waals surface area contributed by atoms with E-state index in [0.717, 1.165) is 11.8 Å². The number of fused-ring (bicyclic) bond motifs is 1. The Morgan fingerprint density at radius 3 is 2.60 bits per heavy atom. The summed E-state index contributed by atoms with van der Waals surface area (Å²) >= 11 is 1.39. The zero-order chi connectivity index (χ0) is 21.1. The molecule has 0 saturated carbocycles. The van der Waals surface area contributed by atoms with E-state index in [1.54, 1.807) is 16.6 Å². The van der Waals surface area contributed by atoms with Gasteiger partial charge in [-0.3, -0.25) is 9.59 Å². The Hall–Kier alpha value is -3.66. The van der Waals surface area contributed by atoms with E-state index >= 15 is 0 Å². The van der Waals surface area contributed by atoms with E-state index < -0.39 is 17.6 Å². The second kappa shape index (κ2) is 8.37. The lowest BCUT2D eigenvalue weighted by Crippen LogP contribution is -2.36. The predicted molar refractivity (Wildman–Crippen MR) is 108 cm³/mol. The highest BCUT2D eigenvalue weighted by Crippen LogP contribution is 2.21. The number of hydrogen-bond acceptors (Lipinski definition) is 5. The van der Waals surface area contributed by atoms with E-state index in [2.05, 4.69) is 20.7 Å². The first-order valence-corrected chi connectivity index (χ1v) is 9.81. The lowest BCUT2D eigenvalue weighted by molar-refractivity contribution is -0.136. The Balaban J connectivity index is 1.36. The highest BCUT2D eigenvalue weighted by molar-refractivity contribution is 7.15. The predicted octanol–water partition coefficient (Wildman–Crippen LogP) is 3.03. The second-order valence-electron chi connectivity index (χ2n) is 6.33. The molecule has 0 spiro atoms. The van der Waals surface area contributed by atoms with Gasteiger partial charge in [0, 0.05) is 29.6 Å². The Morgan fingerprint density at radius 2 is 1.83 bits per heavy atom. The summed E-state index contributed by atoms with van der Waals surface area (Å²) in [5.74, 6) is -2.08. The number of anilines is 1. The van der Waals surface area contributed by atoms with Gasteiger partial charge in [-0.1, -0.05) is 6.07 Å². The fourth-order valence-electron chi connectivity index (χ4n) is 2.76. The minimum Gasteiger partial charge on any atom is -0.347 e. The van der Waals surface area contributed by atoms with E-state index in [1.165, 1.54) is 41.7 Å². The third-order valence-corrected chi connectivity index (χ3v) is 5.07. The second-order valence-corrected chi connectivity index (χ2v) is 7.17. The average molecular weight is 427 g/mol. The molecule has 0 bridgehead atoms. The van der Waals surface area contributed by atoms with Crippen LogP contribution in [-0.2, 0) is 16.0 Å². The van der Waals surface area contributed by atoms with Crippen LogP contribution in [0.3, 0.4) is 0 Å². The van der Waals surface area contributed by atoms with Gasteiger partial charge in [0.05, 0.1) is 5.69 Å². The van der Waals surface area contributed by atoms with Crippen LogP contribution in [-0.4, -0.2) is 33.0 Å². The normalized spacial score (nSPS) is 10.9. The highest BCUT2D eigenvalue weighted by atomic mass is 32.1. The summed E-state index contributed by atoms with van der Waals surface area (Å²) in [6.45, 7) is 0.201. The maximum Gasteiger partial charge on any atom is 0.313 e. The number of halogens is 2. The number of aromatic nitrogens is 3. The molecule has 0 aliphatic heterocycles. The smallest absolute Gasteiger partial charge is 0.313 e. The van der Waals surface area contributed by atoms with Gasteiger partial charge >= 0.3 is 11.8 Å². The van der Waals surface area contributed by atoms with Crippen molar-refractivity contribution in [3.8, 4) is 11.4 Å². The summed E-state index contributed by atoms with van der Waals surface area (Å²) in [5, 5.41) is 11.2. The van der Waals surface area contributed by atoms with Crippen LogP contribution in [0.4, 0.5) is 14.5 Å². The number of nitrogens with zero attached hydrogens (tertiary/aromatic N) is 3. The molecule has 2 aromatic heterocycles. The Labute approximate surface area is 173 Å². The summed E-state index contributed by atoms with van der Waals surface area (Å²) in [5.41, 5.74) is 1.70. The van der Waals surface area contributed by atoms with E-state index in [-0.39, 0.29) is 18.0 Å². The van der Waals surface area contributed by atoms with Gasteiger partial charge < -0.3 is 10.6 Å². The van der Waals surface area contributed by atoms with Crippen LogP contribution in [0.5, 0.6) is 0 Å². The molecule has 152 valence electrons. The van der Waals surface area contributed by atoms with Crippen LogP contribution in [0.15, 0.2) is 53.9 Å². The largest absolute Gasteiger partial charge is 0.347 e. The average Bonchev–Trinajstić information content (AvgIpc) is 3.30. The zero-order valence-corrected chi connectivity index (χ0v) is 16.2. The van der Waals surface area contributed by atoms with Gasteiger partial charge in [-0.15, -0.1) is 16.4 Å². The molecule has 2 N–H and O–H groups in total. The summed E-state index contributed by atoms with van der Waals surface area (Å²) in [4.78, 5) is 29.0. The van der Waals surface area contributed by atoms with Gasteiger partial charge in [0.15, 0.2) is 5.82 Å². The number of hydrogen-bond donors (Lipinski definition) is 2. The number of rotatable bonds is 5. The fourth-order valence-corrected chi connectivity index (χ4v) is 3.61. The van der Waals surface area contributed by atoms with Crippen LogP contribution < -0.4 is 10.6 Å². The van der Waals surface area contributed by atoms with Gasteiger partial charge in [0.25, 0.3) is 0 Å². The lowest BCUT2D eigenvalue weighted by Gasteiger charge is -2.06. The van der Waals surface area contributed by atoms with Crippen molar-refractivity contribution in [3.05, 3.63) is 71.2 Å². The molecule has 4 rings (SSSR count). The van der Waals surface area contributed by atoms with Crippen molar-refractivity contribution in [2.75, 3.05) is 11.9 Å². The number of benzene rings is 2. The highest BCUT2D eigenvalue weighted by Gasteiger charge is 2.15. The molecule has 0 radical (unpaired) electrons. The summed E-state index contributed by atoms with van der Waals surface area (Å²) in [6, 6.07) is 11.2. The zero-order valence-electron chi connectivity index (χ0n) is 15.4. The first-order valence-electron chi connectivity index (χ1n) is 8.93. The van der Waals surface area contributed by atoms with Gasteiger partial charge in [0.2, 0.25) is 4.96 Å².